The molecule has 3 heterocycles. The van der Waals surface area contributed by atoms with Gasteiger partial charge in [-0.1, -0.05) is 23.4 Å². The predicted octanol–water partition coefficient (Wildman–Crippen LogP) is 4.45. The second kappa shape index (κ2) is 9.42. The molecule has 3 aromatic heterocycles. The Labute approximate surface area is 201 Å². The van der Waals surface area contributed by atoms with Gasteiger partial charge in [-0.05, 0) is 11.6 Å². The third-order valence-corrected chi connectivity index (χ3v) is 5.21. The molecule has 196 valence electrons. The van der Waals surface area contributed by atoms with Crippen molar-refractivity contribution in [1.82, 2.24) is 24.9 Å². The average Bonchev–Trinajstić information content (AvgIpc) is 3.48. The fraction of sp³-hybridized carbons (Fsp3) is 0.238. The number of alkyl halides is 6. The Morgan fingerprint density at radius 1 is 0.973 bits per heavy atom. The van der Waals surface area contributed by atoms with Crippen LogP contribution in [0.25, 0.3) is 17.2 Å². The monoisotopic (exact) mass is 534 g/mol. The van der Waals surface area contributed by atoms with Crippen LogP contribution in [0.15, 0.2) is 53.5 Å². The van der Waals surface area contributed by atoms with Gasteiger partial charge in [-0.2, -0.15) is 36.4 Å². The highest BCUT2D eigenvalue weighted by Crippen LogP contribution is 2.43. The van der Waals surface area contributed by atoms with Gasteiger partial charge < -0.3 is 14.9 Å². The van der Waals surface area contributed by atoms with Crippen LogP contribution in [0, 0.1) is 11.6 Å². The summed E-state index contributed by atoms with van der Waals surface area (Å²) in [6.07, 6.45) is -9.29. The van der Waals surface area contributed by atoms with E-state index in [9.17, 15) is 40.2 Å². The molecule has 0 aliphatic carbocycles. The third-order valence-electron chi connectivity index (χ3n) is 5.21. The van der Waals surface area contributed by atoms with Crippen LogP contribution in [-0.2, 0) is 6.42 Å². The van der Waals surface area contributed by atoms with Gasteiger partial charge in [0, 0.05) is 24.2 Å². The molecule has 1 aromatic carbocycles. The summed E-state index contributed by atoms with van der Waals surface area (Å²) in [5, 5.41) is 18.8. The lowest BCUT2D eigenvalue weighted by molar-refractivity contribution is -0.362. The predicted molar refractivity (Wildman–Crippen MR) is 109 cm³/mol. The van der Waals surface area contributed by atoms with Crippen molar-refractivity contribution in [1.29, 1.82) is 0 Å². The quantitative estimate of drug-likeness (QED) is 0.338. The van der Waals surface area contributed by atoms with Gasteiger partial charge in [0.1, 0.15) is 17.8 Å². The van der Waals surface area contributed by atoms with Crippen LogP contribution in [0.4, 0.5) is 40.9 Å². The first-order chi connectivity index (χ1) is 17.3. The van der Waals surface area contributed by atoms with Crippen molar-refractivity contribution < 1.29 is 44.8 Å². The maximum Gasteiger partial charge on any atom is 0.428 e. The molecule has 0 bridgehead atoms. The molecule has 0 unspecified atom stereocenters. The zero-order chi connectivity index (χ0) is 27.0. The van der Waals surface area contributed by atoms with E-state index >= 15 is 0 Å². The summed E-state index contributed by atoms with van der Waals surface area (Å²) in [6.45, 7) is -2.19. The van der Waals surface area contributed by atoms with Crippen molar-refractivity contribution in [2.45, 2.75) is 24.4 Å². The number of benzene rings is 1. The molecule has 16 heteroatoms. The third kappa shape index (κ3) is 5.09. The summed E-state index contributed by atoms with van der Waals surface area (Å²) < 4.78 is 112. The first-order valence-corrected chi connectivity index (χ1v) is 10.2. The molecule has 0 aliphatic rings. The first-order valence-electron chi connectivity index (χ1n) is 10.2. The largest absolute Gasteiger partial charge is 0.428 e. The Kier molecular flexibility index (Phi) is 6.62. The second-order valence-corrected chi connectivity index (χ2v) is 7.66. The van der Waals surface area contributed by atoms with Gasteiger partial charge in [-0.25, -0.2) is 18.4 Å². The minimum atomic E-state index is -6.12. The van der Waals surface area contributed by atoms with E-state index in [1.807, 2.05) is 0 Å². The topological polar surface area (TPSA) is 102 Å². The van der Waals surface area contributed by atoms with E-state index in [0.29, 0.717) is 11.8 Å². The summed E-state index contributed by atoms with van der Waals surface area (Å²) in [4.78, 5) is 7.27. The van der Waals surface area contributed by atoms with E-state index in [1.165, 1.54) is 42.0 Å². The number of anilines is 1. The lowest BCUT2D eigenvalue weighted by Gasteiger charge is -2.32. The second-order valence-electron chi connectivity index (χ2n) is 7.66. The molecular weight excluding hydrogens is 520 g/mol. The van der Waals surface area contributed by atoms with E-state index < -0.39 is 47.9 Å². The molecule has 4 rings (SSSR count). The highest BCUT2D eigenvalue weighted by molar-refractivity contribution is 5.61. The summed E-state index contributed by atoms with van der Waals surface area (Å²) in [5.74, 6) is -3.46. The Morgan fingerprint density at radius 3 is 2.30 bits per heavy atom. The van der Waals surface area contributed by atoms with Crippen molar-refractivity contribution in [3.63, 3.8) is 0 Å². The van der Waals surface area contributed by atoms with E-state index in [4.69, 9.17) is 4.52 Å². The summed E-state index contributed by atoms with van der Waals surface area (Å²) in [7, 11) is 0. The Hall–Kier alpha value is -4.08. The Bertz CT molecular complexity index is 1370. The maximum atomic E-state index is 14.2. The highest BCUT2D eigenvalue weighted by atomic mass is 19.4. The minimum absolute atomic E-state index is 0.0572. The fourth-order valence-corrected chi connectivity index (χ4v) is 3.20. The van der Waals surface area contributed by atoms with Crippen molar-refractivity contribution in [2.24, 2.45) is 0 Å². The summed E-state index contributed by atoms with van der Waals surface area (Å²) in [6, 6.07) is 7.26. The standard InChI is InChI=1S/C21H14F8N6O2/c22-13-4-2-1-3-11(13)7-16-12(15-5-6-37-34-15)9-35(33-16)18-30-8-14(23)17(32-18)31-10-19(36,20(24,25)26)21(27,28)29/h1-6,8-9,36H,7,10H2,(H,30,31,32). The molecule has 2 N–H and O–H groups in total. The average molecular weight is 534 g/mol. The number of aliphatic hydroxyl groups is 1. The number of aromatic nitrogens is 5. The molecular formula is C21H14F8N6O2. The van der Waals surface area contributed by atoms with Crippen LogP contribution in [-0.4, -0.2) is 54.5 Å². The minimum Gasteiger partial charge on any atom is -0.372 e. The van der Waals surface area contributed by atoms with Crippen LogP contribution < -0.4 is 5.32 Å². The molecule has 0 atom stereocenters. The molecule has 0 saturated carbocycles. The van der Waals surface area contributed by atoms with Gasteiger partial charge in [0.05, 0.1) is 18.4 Å². The zero-order valence-electron chi connectivity index (χ0n) is 18.1. The molecule has 0 saturated heterocycles. The molecule has 0 spiro atoms. The number of nitrogens with zero attached hydrogens (tertiary/aromatic N) is 5. The van der Waals surface area contributed by atoms with Crippen LogP contribution in [0.2, 0.25) is 0 Å². The number of nitrogens with one attached hydrogen (secondary N) is 1. The maximum absolute atomic E-state index is 14.2. The first kappa shape index (κ1) is 26.0. The van der Waals surface area contributed by atoms with E-state index in [-0.39, 0.29) is 23.4 Å². The molecule has 0 fully saturated rings. The molecule has 8 nitrogen and oxygen atoms in total. The van der Waals surface area contributed by atoms with Crippen molar-refractivity contribution >= 4 is 5.82 Å². The van der Waals surface area contributed by atoms with Crippen LogP contribution >= 0.6 is 0 Å². The van der Waals surface area contributed by atoms with E-state index in [1.54, 1.807) is 6.07 Å². The summed E-state index contributed by atoms with van der Waals surface area (Å²) >= 11 is 0. The molecule has 0 amide bonds. The number of halogens is 8. The molecule has 37 heavy (non-hydrogen) atoms. The molecule has 0 radical (unpaired) electrons. The SMILES string of the molecule is OC(CNc1nc(-n2cc(-c3ccon3)c(Cc3ccccc3F)n2)ncc1F)(C(F)(F)F)C(F)(F)F. The Morgan fingerprint density at radius 2 is 1.68 bits per heavy atom. The van der Waals surface area contributed by atoms with Crippen LogP contribution in [0.1, 0.15) is 11.3 Å². The van der Waals surface area contributed by atoms with Gasteiger partial charge in [0.15, 0.2) is 11.6 Å². The smallest absolute Gasteiger partial charge is 0.372 e. The van der Waals surface area contributed by atoms with E-state index in [0.717, 1.165) is 4.68 Å². The molecule has 4 aromatic rings. The van der Waals surface area contributed by atoms with Gasteiger partial charge in [0.2, 0.25) is 0 Å². The Balaban J connectivity index is 1.69. The number of hydrogen-bond donors (Lipinski definition) is 2. The van der Waals surface area contributed by atoms with Crippen molar-refractivity contribution in [3.05, 3.63) is 71.9 Å². The number of hydrogen-bond acceptors (Lipinski definition) is 7. The van der Waals surface area contributed by atoms with E-state index in [2.05, 4.69) is 20.2 Å². The van der Waals surface area contributed by atoms with Crippen molar-refractivity contribution in [3.8, 4) is 17.2 Å². The normalized spacial score (nSPS) is 12.7. The van der Waals surface area contributed by atoms with Crippen LogP contribution in [0.3, 0.4) is 0 Å². The lowest BCUT2D eigenvalue weighted by Crippen LogP contribution is -2.61. The number of rotatable bonds is 7. The van der Waals surface area contributed by atoms with Gasteiger partial charge in [-0.3, -0.25) is 0 Å². The van der Waals surface area contributed by atoms with Gasteiger partial charge >= 0.3 is 12.4 Å². The summed E-state index contributed by atoms with van der Waals surface area (Å²) in [5.41, 5.74) is -4.14. The lowest BCUT2D eigenvalue weighted by atomic mass is 10.0. The van der Waals surface area contributed by atoms with Gasteiger partial charge in [0.25, 0.3) is 11.5 Å². The van der Waals surface area contributed by atoms with Crippen molar-refractivity contribution in [2.75, 3.05) is 11.9 Å². The highest BCUT2D eigenvalue weighted by Gasteiger charge is 2.70. The fourth-order valence-electron chi connectivity index (χ4n) is 3.20. The zero-order valence-corrected chi connectivity index (χ0v) is 18.1. The molecule has 0 aliphatic heterocycles. The van der Waals surface area contributed by atoms with Crippen LogP contribution in [0.5, 0.6) is 0 Å². The van der Waals surface area contributed by atoms with Gasteiger partial charge in [-0.15, -0.1) is 0 Å².